The summed E-state index contributed by atoms with van der Waals surface area (Å²) in [6.07, 6.45) is 3.55. The van der Waals surface area contributed by atoms with Gasteiger partial charge in [0, 0.05) is 36.2 Å². The van der Waals surface area contributed by atoms with E-state index in [1.165, 1.54) is 35.5 Å². The Morgan fingerprint density at radius 3 is 3.05 bits per heavy atom. The fourth-order valence-electron chi connectivity index (χ4n) is 2.63. The lowest BCUT2D eigenvalue weighted by molar-refractivity contribution is 0.728. The molecular weight excluding hydrogens is 256 g/mol. The van der Waals surface area contributed by atoms with E-state index >= 15 is 0 Å². The SMILES string of the molecule is Nc1cccc2c1CN(c1nc(C3CC3)ns1)CC2. The number of benzene rings is 1. The number of aromatic nitrogens is 2. The number of hydrogen-bond donors (Lipinski definition) is 1. The van der Waals surface area contributed by atoms with Crippen molar-refractivity contribution in [1.29, 1.82) is 0 Å². The van der Waals surface area contributed by atoms with Gasteiger partial charge in [-0.1, -0.05) is 12.1 Å². The first kappa shape index (κ1) is 11.2. The number of nitrogens with zero attached hydrogens (tertiary/aromatic N) is 3. The highest BCUT2D eigenvalue weighted by Gasteiger charge is 2.29. The van der Waals surface area contributed by atoms with Crippen molar-refractivity contribution < 1.29 is 0 Å². The fourth-order valence-corrected chi connectivity index (χ4v) is 3.40. The second kappa shape index (κ2) is 4.20. The molecule has 1 aromatic heterocycles. The molecule has 0 amide bonds. The van der Waals surface area contributed by atoms with Crippen molar-refractivity contribution in [2.24, 2.45) is 0 Å². The summed E-state index contributed by atoms with van der Waals surface area (Å²) in [5.74, 6) is 1.68. The van der Waals surface area contributed by atoms with Gasteiger partial charge in [0.25, 0.3) is 0 Å². The van der Waals surface area contributed by atoms with Crippen molar-refractivity contribution in [3.8, 4) is 0 Å². The van der Waals surface area contributed by atoms with Crippen LogP contribution in [0.5, 0.6) is 0 Å². The third-order valence-electron chi connectivity index (χ3n) is 3.95. The van der Waals surface area contributed by atoms with Crippen LogP contribution in [0, 0.1) is 0 Å². The second-order valence-corrected chi connectivity index (χ2v) is 6.10. The van der Waals surface area contributed by atoms with Gasteiger partial charge in [0.05, 0.1) is 0 Å². The van der Waals surface area contributed by atoms with Crippen molar-refractivity contribution in [3.05, 3.63) is 35.2 Å². The Bertz CT molecular complexity index is 618. The molecule has 0 saturated heterocycles. The zero-order valence-corrected chi connectivity index (χ0v) is 11.5. The van der Waals surface area contributed by atoms with Crippen molar-refractivity contribution >= 4 is 22.4 Å². The zero-order valence-electron chi connectivity index (χ0n) is 10.7. The normalized spacial score (nSPS) is 18.4. The molecule has 0 spiro atoms. The highest BCUT2D eigenvalue weighted by Crippen LogP contribution is 2.40. The summed E-state index contributed by atoms with van der Waals surface area (Å²) in [5.41, 5.74) is 9.62. The monoisotopic (exact) mass is 272 g/mol. The molecule has 1 aromatic carbocycles. The Kier molecular flexibility index (Phi) is 2.48. The first-order chi connectivity index (χ1) is 9.31. The van der Waals surface area contributed by atoms with Gasteiger partial charge >= 0.3 is 0 Å². The van der Waals surface area contributed by atoms with Crippen LogP contribution in [0.25, 0.3) is 0 Å². The van der Waals surface area contributed by atoms with Crippen molar-refractivity contribution in [1.82, 2.24) is 9.36 Å². The molecular formula is C14H16N4S. The first-order valence-electron chi connectivity index (χ1n) is 6.76. The molecule has 2 heterocycles. The molecule has 98 valence electrons. The smallest absolute Gasteiger partial charge is 0.205 e. The van der Waals surface area contributed by atoms with Crippen LogP contribution in [-0.2, 0) is 13.0 Å². The summed E-state index contributed by atoms with van der Waals surface area (Å²) < 4.78 is 4.49. The number of rotatable bonds is 2. The maximum atomic E-state index is 6.09. The number of nitrogen functional groups attached to an aromatic ring is 1. The van der Waals surface area contributed by atoms with E-state index < -0.39 is 0 Å². The molecule has 0 bridgehead atoms. The summed E-state index contributed by atoms with van der Waals surface area (Å²) in [4.78, 5) is 7.00. The van der Waals surface area contributed by atoms with Crippen LogP contribution in [0.4, 0.5) is 10.8 Å². The lowest BCUT2D eigenvalue weighted by atomic mass is 9.98. The zero-order chi connectivity index (χ0) is 12.8. The molecule has 2 aromatic rings. The van der Waals surface area contributed by atoms with Crippen LogP contribution in [0.3, 0.4) is 0 Å². The van der Waals surface area contributed by atoms with Crippen molar-refractivity contribution in [2.75, 3.05) is 17.2 Å². The molecule has 0 radical (unpaired) electrons. The van der Waals surface area contributed by atoms with E-state index in [-0.39, 0.29) is 0 Å². The maximum absolute atomic E-state index is 6.09. The lowest BCUT2D eigenvalue weighted by Crippen LogP contribution is -2.30. The predicted molar refractivity (Wildman–Crippen MR) is 77.5 cm³/mol. The van der Waals surface area contributed by atoms with Gasteiger partial charge in [-0.05, 0) is 36.5 Å². The average molecular weight is 272 g/mol. The summed E-state index contributed by atoms with van der Waals surface area (Å²) in [5, 5.41) is 1.05. The summed E-state index contributed by atoms with van der Waals surface area (Å²) in [6, 6.07) is 6.21. The molecule has 19 heavy (non-hydrogen) atoms. The van der Waals surface area contributed by atoms with Crippen molar-refractivity contribution in [2.45, 2.75) is 31.7 Å². The maximum Gasteiger partial charge on any atom is 0.205 e. The summed E-state index contributed by atoms with van der Waals surface area (Å²) in [7, 11) is 0. The van der Waals surface area contributed by atoms with E-state index in [1.54, 1.807) is 0 Å². The van der Waals surface area contributed by atoms with Gasteiger partial charge in [-0.3, -0.25) is 0 Å². The fraction of sp³-hybridized carbons (Fsp3) is 0.429. The molecule has 0 atom stereocenters. The average Bonchev–Trinajstić information content (AvgIpc) is 3.17. The first-order valence-corrected chi connectivity index (χ1v) is 7.53. The van der Waals surface area contributed by atoms with Crippen LogP contribution in [-0.4, -0.2) is 15.9 Å². The van der Waals surface area contributed by atoms with Gasteiger partial charge in [0.15, 0.2) is 0 Å². The highest BCUT2D eigenvalue weighted by molar-refractivity contribution is 7.09. The Balaban J connectivity index is 1.61. The van der Waals surface area contributed by atoms with E-state index in [2.05, 4.69) is 15.3 Å². The predicted octanol–water partition coefficient (Wildman–Crippen LogP) is 2.56. The molecule has 1 aliphatic carbocycles. The molecule has 5 heteroatoms. The van der Waals surface area contributed by atoms with Crippen LogP contribution >= 0.6 is 11.5 Å². The Morgan fingerprint density at radius 1 is 1.32 bits per heavy atom. The Hall–Kier alpha value is -1.62. The third-order valence-corrected chi connectivity index (χ3v) is 4.74. The quantitative estimate of drug-likeness (QED) is 0.854. The number of fused-ring (bicyclic) bond motifs is 1. The molecule has 0 unspecified atom stereocenters. The van der Waals surface area contributed by atoms with E-state index in [4.69, 9.17) is 10.7 Å². The van der Waals surface area contributed by atoms with E-state index in [0.29, 0.717) is 5.92 Å². The standard InChI is InChI=1S/C14H16N4S/c15-12-3-1-2-9-6-7-18(8-11(9)12)14-16-13(17-19-14)10-4-5-10/h1-3,10H,4-8,15H2. The van der Waals surface area contributed by atoms with Gasteiger partial charge < -0.3 is 10.6 Å². The number of anilines is 2. The minimum absolute atomic E-state index is 0.632. The third kappa shape index (κ3) is 1.98. The van der Waals surface area contributed by atoms with Gasteiger partial charge in [-0.15, -0.1) is 0 Å². The van der Waals surface area contributed by atoms with Crippen LogP contribution in [0.15, 0.2) is 18.2 Å². The molecule has 2 aliphatic rings. The number of hydrogen-bond acceptors (Lipinski definition) is 5. The Labute approximate surface area is 116 Å². The topological polar surface area (TPSA) is 55.0 Å². The summed E-state index contributed by atoms with van der Waals surface area (Å²) in [6.45, 7) is 1.87. The van der Waals surface area contributed by atoms with Crippen LogP contribution < -0.4 is 10.6 Å². The van der Waals surface area contributed by atoms with Gasteiger partial charge in [0.2, 0.25) is 5.13 Å². The minimum Gasteiger partial charge on any atom is -0.398 e. The van der Waals surface area contributed by atoms with Crippen molar-refractivity contribution in [3.63, 3.8) is 0 Å². The Morgan fingerprint density at radius 2 is 2.21 bits per heavy atom. The van der Waals surface area contributed by atoms with E-state index in [0.717, 1.165) is 36.2 Å². The molecule has 4 nitrogen and oxygen atoms in total. The largest absolute Gasteiger partial charge is 0.398 e. The highest BCUT2D eigenvalue weighted by atomic mass is 32.1. The molecule has 4 rings (SSSR count). The minimum atomic E-state index is 0.632. The van der Waals surface area contributed by atoms with Gasteiger partial charge in [0.1, 0.15) is 5.82 Å². The second-order valence-electron chi connectivity index (χ2n) is 5.37. The lowest BCUT2D eigenvalue weighted by Gasteiger charge is -2.28. The van der Waals surface area contributed by atoms with Crippen LogP contribution in [0.2, 0.25) is 0 Å². The molecule has 1 saturated carbocycles. The van der Waals surface area contributed by atoms with E-state index in [1.807, 2.05) is 12.1 Å². The molecule has 1 fully saturated rings. The summed E-state index contributed by atoms with van der Waals surface area (Å²) >= 11 is 1.53. The van der Waals surface area contributed by atoms with E-state index in [9.17, 15) is 0 Å². The van der Waals surface area contributed by atoms with Crippen LogP contribution in [0.1, 0.15) is 35.7 Å². The molecule has 2 N–H and O–H groups in total. The van der Waals surface area contributed by atoms with Gasteiger partial charge in [-0.25, -0.2) is 4.98 Å². The number of nitrogens with two attached hydrogens (primary N) is 1. The molecule has 1 aliphatic heterocycles. The van der Waals surface area contributed by atoms with Gasteiger partial charge in [-0.2, -0.15) is 4.37 Å².